The SMILES string of the molecule is COC1CC2C=CC=CC2C(=O)O1. The van der Waals surface area contributed by atoms with Crippen LogP contribution in [-0.4, -0.2) is 19.4 Å². The molecule has 1 fully saturated rings. The van der Waals surface area contributed by atoms with Gasteiger partial charge in [-0.1, -0.05) is 24.3 Å². The van der Waals surface area contributed by atoms with Crippen LogP contribution in [0.15, 0.2) is 24.3 Å². The highest BCUT2D eigenvalue weighted by atomic mass is 16.7. The van der Waals surface area contributed by atoms with Gasteiger partial charge < -0.3 is 9.47 Å². The molecule has 3 atom stereocenters. The molecule has 13 heavy (non-hydrogen) atoms. The summed E-state index contributed by atoms with van der Waals surface area (Å²) in [6, 6.07) is 0. The number of hydrogen-bond acceptors (Lipinski definition) is 3. The summed E-state index contributed by atoms with van der Waals surface area (Å²) < 4.78 is 10.1. The van der Waals surface area contributed by atoms with E-state index in [1.807, 2.05) is 24.3 Å². The summed E-state index contributed by atoms with van der Waals surface area (Å²) in [5.41, 5.74) is 0. The van der Waals surface area contributed by atoms with Crippen molar-refractivity contribution in [2.75, 3.05) is 7.11 Å². The molecule has 3 nitrogen and oxygen atoms in total. The topological polar surface area (TPSA) is 35.5 Å². The first-order valence-corrected chi connectivity index (χ1v) is 4.39. The van der Waals surface area contributed by atoms with Gasteiger partial charge in [-0.25, -0.2) is 0 Å². The molecular formula is C10H12O3. The second-order valence-corrected chi connectivity index (χ2v) is 3.30. The van der Waals surface area contributed by atoms with E-state index in [9.17, 15) is 4.79 Å². The number of methoxy groups -OCH3 is 1. The summed E-state index contributed by atoms with van der Waals surface area (Å²) in [6.45, 7) is 0. The highest BCUT2D eigenvalue weighted by Gasteiger charge is 2.36. The van der Waals surface area contributed by atoms with E-state index < -0.39 is 0 Å². The predicted octanol–water partition coefficient (Wildman–Crippen LogP) is 1.26. The summed E-state index contributed by atoms with van der Waals surface area (Å²) in [5, 5.41) is 0. The van der Waals surface area contributed by atoms with E-state index in [4.69, 9.17) is 9.47 Å². The summed E-state index contributed by atoms with van der Waals surface area (Å²) in [6.07, 6.45) is 8.16. The smallest absolute Gasteiger partial charge is 0.315 e. The van der Waals surface area contributed by atoms with Gasteiger partial charge in [0.25, 0.3) is 0 Å². The summed E-state index contributed by atoms with van der Waals surface area (Å²) >= 11 is 0. The van der Waals surface area contributed by atoms with Crippen LogP contribution in [0.2, 0.25) is 0 Å². The molecule has 0 radical (unpaired) electrons. The molecule has 1 heterocycles. The summed E-state index contributed by atoms with van der Waals surface area (Å²) in [4.78, 5) is 11.4. The van der Waals surface area contributed by atoms with Gasteiger partial charge in [-0.2, -0.15) is 0 Å². The molecule has 0 saturated carbocycles. The van der Waals surface area contributed by atoms with E-state index in [2.05, 4.69) is 0 Å². The maximum absolute atomic E-state index is 11.4. The average molecular weight is 180 g/mol. The molecule has 1 aliphatic heterocycles. The van der Waals surface area contributed by atoms with Crippen LogP contribution in [0.3, 0.4) is 0 Å². The fourth-order valence-electron chi connectivity index (χ4n) is 1.75. The number of rotatable bonds is 1. The molecule has 1 saturated heterocycles. The van der Waals surface area contributed by atoms with Crippen molar-refractivity contribution in [1.82, 2.24) is 0 Å². The van der Waals surface area contributed by atoms with E-state index in [0.29, 0.717) is 0 Å². The van der Waals surface area contributed by atoms with E-state index in [1.165, 1.54) is 0 Å². The fraction of sp³-hybridized carbons (Fsp3) is 0.500. The minimum atomic E-state index is -0.370. The van der Waals surface area contributed by atoms with Crippen molar-refractivity contribution >= 4 is 5.97 Å². The van der Waals surface area contributed by atoms with Crippen LogP contribution in [0.1, 0.15) is 6.42 Å². The van der Waals surface area contributed by atoms with Crippen molar-refractivity contribution in [3.8, 4) is 0 Å². The van der Waals surface area contributed by atoms with Gasteiger partial charge in [0, 0.05) is 13.5 Å². The zero-order valence-corrected chi connectivity index (χ0v) is 7.47. The number of carbonyl (C=O) groups excluding carboxylic acids is 1. The Balaban J connectivity index is 2.14. The normalized spacial score (nSPS) is 37.0. The summed E-state index contributed by atoms with van der Waals surface area (Å²) in [5.74, 6) is -0.0312. The van der Waals surface area contributed by atoms with Gasteiger partial charge in [0.15, 0.2) is 0 Å². The fourth-order valence-corrected chi connectivity index (χ4v) is 1.75. The lowest BCUT2D eigenvalue weighted by molar-refractivity contribution is -0.191. The number of carbonyl (C=O) groups is 1. The lowest BCUT2D eigenvalue weighted by Gasteiger charge is -2.32. The molecule has 1 aliphatic carbocycles. The average Bonchev–Trinajstić information content (AvgIpc) is 2.18. The molecule has 0 amide bonds. The Hall–Kier alpha value is -1.09. The number of allylic oxidation sites excluding steroid dienone is 3. The summed E-state index contributed by atoms with van der Waals surface area (Å²) in [7, 11) is 1.56. The van der Waals surface area contributed by atoms with Gasteiger partial charge in [0.05, 0.1) is 5.92 Å². The van der Waals surface area contributed by atoms with Gasteiger partial charge in [-0.3, -0.25) is 4.79 Å². The third kappa shape index (κ3) is 1.52. The third-order valence-corrected chi connectivity index (χ3v) is 2.50. The lowest BCUT2D eigenvalue weighted by atomic mass is 9.84. The van der Waals surface area contributed by atoms with Crippen molar-refractivity contribution < 1.29 is 14.3 Å². The molecule has 70 valence electrons. The van der Waals surface area contributed by atoms with Crippen molar-refractivity contribution in [2.45, 2.75) is 12.7 Å². The first-order chi connectivity index (χ1) is 6.31. The molecule has 0 bridgehead atoms. The Kier molecular flexibility index (Phi) is 2.19. The Morgan fingerprint density at radius 3 is 3.00 bits per heavy atom. The molecule has 0 spiro atoms. The van der Waals surface area contributed by atoms with Crippen LogP contribution < -0.4 is 0 Å². The van der Waals surface area contributed by atoms with Crippen LogP contribution in [0.5, 0.6) is 0 Å². The Morgan fingerprint density at radius 1 is 1.46 bits per heavy atom. The minimum Gasteiger partial charge on any atom is -0.435 e. The van der Waals surface area contributed by atoms with Gasteiger partial charge in [0.2, 0.25) is 6.29 Å². The molecule has 2 rings (SSSR count). The van der Waals surface area contributed by atoms with Gasteiger partial charge in [-0.15, -0.1) is 0 Å². The largest absolute Gasteiger partial charge is 0.435 e. The highest BCUT2D eigenvalue weighted by Crippen LogP contribution is 2.31. The number of hydrogen-bond donors (Lipinski definition) is 0. The second-order valence-electron chi connectivity index (χ2n) is 3.30. The quantitative estimate of drug-likeness (QED) is 0.570. The number of ether oxygens (including phenoxy) is 2. The van der Waals surface area contributed by atoms with Crippen LogP contribution in [0.4, 0.5) is 0 Å². The first-order valence-electron chi connectivity index (χ1n) is 4.39. The molecule has 0 aromatic heterocycles. The van der Waals surface area contributed by atoms with E-state index >= 15 is 0 Å². The van der Waals surface area contributed by atoms with Crippen LogP contribution in [0, 0.1) is 11.8 Å². The van der Waals surface area contributed by atoms with Crippen molar-refractivity contribution in [2.24, 2.45) is 11.8 Å². The standard InChI is InChI=1S/C10H12O3/c1-12-9-6-7-4-2-3-5-8(7)10(11)13-9/h2-5,7-9H,6H2,1H3. The Bertz CT molecular complexity index is 267. The number of fused-ring (bicyclic) bond motifs is 1. The highest BCUT2D eigenvalue weighted by molar-refractivity contribution is 5.76. The predicted molar refractivity (Wildman–Crippen MR) is 46.8 cm³/mol. The molecule has 2 aliphatic rings. The second kappa shape index (κ2) is 3.34. The third-order valence-electron chi connectivity index (χ3n) is 2.50. The maximum atomic E-state index is 11.4. The van der Waals surface area contributed by atoms with Crippen molar-refractivity contribution in [3.63, 3.8) is 0 Å². The molecular weight excluding hydrogens is 168 g/mol. The lowest BCUT2D eigenvalue weighted by Crippen LogP contribution is -2.37. The van der Waals surface area contributed by atoms with Crippen LogP contribution in [0.25, 0.3) is 0 Å². The Morgan fingerprint density at radius 2 is 2.23 bits per heavy atom. The molecule has 3 heteroatoms. The van der Waals surface area contributed by atoms with Crippen molar-refractivity contribution in [1.29, 1.82) is 0 Å². The monoisotopic (exact) mass is 180 g/mol. The first kappa shape index (κ1) is 8.51. The molecule has 0 aromatic rings. The zero-order chi connectivity index (χ0) is 9.26. The number of esters is 1. The van der Waals surface area contributed by atoms with Gasteiger partial charge in [-0.05, 0) is 5.92 Å². The van der Waals surface area contributed by atoms with Crippen LogP contribution >= 0.6 is 0 Å². The Labute approximate surface area is 77.0 Å². The molecule has 0 N–H and O–H groups in total. The molecule has 0 aromatic carbocycles. The van der Waals surface area contributed by atoms with Gasteiger partial charge >= 0.3 is 5.97 Å². The minimum absolute atomic E-state index is 0.101. The van der Waals surface area contributed by atoms with E-state index in [1.54, 1.807) is 7.11 Å². The van der Waals surface area contributed by atoms with E-state index in [-0.39, 0.29) is 24.1 Å². The maximum Gasteiger partial charge on any atom is 0.315 e. The number of cyclic esters (lactones) is 1. The molecule has 3 unspecified atom stereocenters. The zero-order valence-electron chi connectivity index (χ0n) is 7.47. The van der Waals surface area contributed by atoms with Gasteiger partial charge in [0.1, 0.15) is 0 Å². The van der Waals surface area contributed by atoms with Crippen molar-refractivity contribution in [3.05, 3.63) is 24.3 Å². The van der Waals surface area contributed by atoms with Crippen LogP contribution in [-0.2, 0) is 14.3 Å². The van der Waals surface area contributed by atoms with E-state index in [0.717, 1.165) is 6.42 Å².